The fraction of sp³-hybridized carbons (Fsp3) is 0.545. The number of anilines is 1. The first-order valence-corrected chi connectivity index (χ1v) is 8.23. The van der Waals surface area contributed by atoms with E-state index in [1.165, 1.54) is 6.20 Å². The molecule has 18 heavy (non-hydrogen) atoms. The van der Waals surface area contributed by atoms with Crippen LogP contribution in [0.5, 0.6) is 0 Å². The normalized spacial score (nSPS) is 12.5. The number of nitrogens with one attached hydrogen (secondary N) is 1. The van der Waals surface area contributed by atoms with Crippen molar-refractivity contribution in [3.63, 3.8) is 0 Å². The largest absolute Gasteiger partial charge is 0.280 e. The molecule has 1 aromatic heterocycles. The van der Waals surface area contributed by atoms with Crippen molar-refractivity contribution >= 4 is 43.2 Å². The highest BCUT2D eigenvalue weighted by atomic mass is 79.9. The Morgan fingerprint density at radius 2 is 2.06 bits per heavy atom. The molecule has 102 valence electrons. The second-order valence-corrected chi connectivity index (χ2v) is 8.34. The van der Waals surface area contributed by atoms with Gasteiger partial charge < -0.3 is 0 Å². The van der Waals surface area contributed by atoms with Crippen LogP contribution in [0.2, 0.25) is 5.15 Å². The molecule has 0 unspecified atom stereocenters. The molecule has 0 fully saturated rings. The summed E-state index contributed by atoms with van der Waals surface area (Å²) in [5.74, 6) is 0.0549. The monoisotopic (exact) mass is 354 g/mol. The fourth-order valence-electron chi connectivity index (χ4n) is 1.15. The first-order chi connectivity index (χ1) is 8.09. The molecule has 0 aliphatic heterocycles. The van der Waals surface area contributed by atoms with Crippen molar-refractivity contribution in [2.45, 2.75) is 27.2 Å². The zero-order chi connectivity index (χ0) is 14.0. The molecule has 0 aliphatic rings. The molecular formula is C11H16BrClN2O2S. The van der Waals surface area contributed by atoms with E-state index in [1.54, 1.807) is 6.07 Å². The van der Waals surface area contributed by atoms with Gasteiger partial charge in [-0.05, 0) is 33.8 Å². The molecule has 4 nitrogen and oxygen atoms in total. The van der Waals surface area contributed by atoms with E-state index in [1.807, 2.05) is 20.8 Å². The number of rotatable bonds is 4. The number of aromatic nitrogens is 1. The van der Waals surface area contributed by atoms with Crippen molar-refractivity contribution in [1.29, 1.82) is 0 Å². The lowest BCUT2D eigenvalue weighted by atomic mass is 9.94. The van der Waals surface area contributed by atoms with E-state index in [0.717, 1.165) is 0 Å². The van der Waals surface area contributed by atoms with E-state index in [0.29, 0.717) is 16.6 Å². The second-order valence-electron chi connectivity index (χ2n) is 5.22. The Hall–Kier alpha value is -0.330. The maximum Gasteiger partial charge on any atom is 0.232 e. The van der Waals surface area contributed by atoms with Crippen molar-refractivity contribution in [2.24, 2.45) is 5.41 Å². The fourth-order valence-corrected chi connectivity index (χ4v) is 3.17. The van der Waals surface area contributed by atoms with Crippen LogP contribution in [0.15, 0.2) is 16.7 Å². The van der Waals surface area contributed by atoms with Gasteiger partial charge in [-0.1, -0.05) is 32.4 Å². The lowest BCUT2D eigenvalue weighted by Crippen LogP contribution is -2.21. The predicted molar refractivity (Wildman–Crippen MR) is 78.4 cm³/mol. The number of pyridine rings is 1. The molecule has 1 rings (SSSR count). The maximum atomic E-state index is 11.9. The molecule has 0 aliphatic carbocycles. The Bertz CT molecular complexity index is 526. The molecule has 0 saturated carbocycles. The molecule has 0 spiro atoms. The Labute approximate surface area is 121 Å². The van der Waals surface area contributed by atoms with Gasteiger partial charge in [-0.25, -0.2) is 13.4 Å². The molecule has 0 radical (unpaired) electrons. The van der Waals surface area contributed by atoms with E-state index in [9.17, 15) is 8.42 Å². The summed E-state index contributed by atoms with van der Waals surface area (Å²) in [5.41, 5.74) is 0.258. The summed E-state index contributed by atoms with van der Waals surface area (Å²) in [6.07, 6.45) is 2.08. The lowest BCUT2D eigenvalue weighted by molar-refractivity contribution is 0.397. The Balaban J connectivity index is 2.80. The molecule has 1 N–H and O–H groups in total. The van der Waals surface area contributed by atoms with Crippen molar-refractivity contribution < 1.29 is 8.42 Å². The summed E-state index contributed by atoms with van der Waals surface area (Å²) in [4.78, 5) is 3.86. The second kappa shape index (κ2) is 5.75. The van der Waals surface area contributed by atoms with Gasteiger partial charge in [0.05, 0.1) is 11.4 Å². The third kappa shape index (κ3) is 5.54. The van der Waals surface area contributed by atoms with E-state index >= 15 is 0 Å². The maximum absolute atomic E-state index is 11.9. The minimum atomic E-state index is -3.40. The number of halogens is 2. The number of hydrogen-bond donors (Lipinski definition) is 1. The average Bonchev–Trinajstić information content (AvgIpc) is 2.20. The van der Waals surface area contributed by atoms with Gasteiger partial charge in [0.25, 0.3) is 0 Å². The smallest absolute Gasteiger partial charge is 0.232 e. The molecule has 0 atom stereocenters. The van der Waals surface area contributed by atoms with E-state index < -0.39 is 10.0 Å². The molecule has 0 bridgehead atoms. The zero-order valence-corrected chi connectivity index (χ0v) is 13.7. The molecule has 1 aromatic rings. The molecule has 1 heterocycles. The average molecular weight is 356 g/mol. The predicted octanol–water partition coefficient (Wildman–Crippen LogP) is 3.68. The zero-order valence-electron chi connectivity index (χ0n) is 10.5. The van der Waals surface area contributed by atoms with Crippen LogP contribution in [0, 0.1) is 5.41 Å². The van der Waals surface area contributed by atoms with Gasteiger partial charge in [0.15, 0.2) is 5.15 Å². The van der Waals surface area contributed by atoms with Crippen molar-refractivity contribution in [3.05, 3.63) is 21.9 Å². The van der Waals surface area contributed by atoms with Crippen molar-refractivity contribution in [2.75, 3.05) is 10.5 Å². The van der Waals surface area contributed by atoms with Gasteiger partial charge in [-0.3, -0.25) is 4.72 Å². The Morgan fingerprint density at radius 3 is 2.61 bits per heavy atom. The van der Waals surface area contributed by atoms with E-state index in [4.69, 9.17) is 11.6 Å². The highest BCUT2D eigenvalue weighted by Crippen LogP contribution is 2.25. The lowest BCUT2D eigenvalue weighted by Gasteiger charge is -2.18. The third-order valence-electron chi connectivity index (χ3n) is 2.19. The number of nitrogens with zero attached hydrogens (tertiary/aromatic N) is 1. The van der Waals surface area contributed by atoms with E-state index in [2.05, 4.69) is 25.6 Å². The standard InChI is InChI=1S/C11H16BrClN2O2S/c1-11(2,3)4-5-18(16,17)15-9-6-8(12)7-14-10(9)13/h6-7,15H,4-5H2,1-3H3. The van der Waals surface area contributed by atoms with E-state index in [-0.39, 0.29) is 16.3 Å². The first-order valence-electron chi connectivity index (χ1n) is 5.41. The quantitative estimate of drug-likeness (QED) is 0.838. The van der Waals surface area contributed by atoms with Crippen LogP contribution >= 0.6 is 27.5 Å². The molecule has 0 amide bonds. The van der Waals surface area contributed by atoms with Crippen LogP contribution in [0.1, 0.15) is 27.2 Å². The minimum absolute atomic E-state index is 0.0337. The Kier molecular flexibility index (Phi) is 5.03. The van der Waals surface area contributed by atoms with Crippen LogP contribution < -0.4 is 4.72 Å². The Morgan fingerprint density at radius 1 is 1.44 bits per heavy atom. The molecule has 0 saturated heterocycles. The topological polar surface area (TPSA) is 59.1 Å². The first kappa shape index (κ1) is 15.7. The number of sulfonamides is 1. The number of hydrogen-bond acceptors (Lipinski definition) is 3. The summed E-state index contributed by atoms with van der Waals surface area (Å²) >= 11 is 9.05. The summed E-state index contributed by atoms with van der Waals surface area (Å²) in [5, 5.41) is 0.137. The van der Waals surface area contributed by atoms with Crippen LogP contribution in [-0.2, 0) is 10.0 Å². The highest BCUT2D eigenvalue weighted by Gasteiger charge is 2.18. The molecule has 7 heteroatoms. The summed E-state index contributed by atoms with van der Waals surface area (Å²) < 4.78 is 26.9. The van der Waals surface area contributed by atoms with Gasteiger partial charge >= 0.3 is 0 Å². The van der Waals surface area contributed by atoms with Crippen LogP contribution in [-0.4, -0.2) is 19.2 Å². The van der Waals surface area contributed by atoms with Crippen LogP contribution in [0.3, 0.4) is 0 Å². The highest BCUT2D eigenvalue weighted by molar-refractivity contribution is 9.10. The van der Waals surface area contributed by atoms with Crippen molar-refractivity contribution in [1.82, 2.24) is 4.98 Å². The summed E-state index contributed by atoms with van der Waals surface area (Å²) in [6.45, 7) is 5.99. The summed E-state index contributed by atoms with van der Waals surface area (Å²) in [7, 11) is -3.40. The van der Waals surface area contributed by atoms with Crippen LogP contribution in [0.25, 0.3) is 0 Å². The van der Waals surface area contributed by atoms with Gasteiger partial charge in [0, 0.05) is 10.7 Å². The third-order valence-corrected chi connectivity index (χ3v) is 4.20. The van der Waals surface area contributed by atoms with Gasteiger partial charge in [0.2, 0.25) is 10.0 Å². The minimum Gasteiger partial charge on any atom is -0.280 e. The van der Waals surface area contributed by atoms with Crippen molar-refractivity contribution in [3.8, 4) is 0 Å². The molecule has 0 aromatic carbocycles. The van der Waals surface area contributed by atoms with Crippen LogP contribution in [0.4, 0.5) is 5.69 Å². The summed E-state index contributed by atoms with van der Waals surface area (Å²) in [6, 6.07) is 1.59. The molecular weight excluding hydrogens is 340 g/mol. The van der Waals surface area contributed by atoms with Gasteiger partial charge in [-0.2, -0.15) is 0 Å². The SMILES string of the molecule is CC(C)(C)CCS(=O)(=O)Nc1cc(Br)cnc1Cl. The van der Waals surface area contributed by atoms with Gasteiger partial charge in [0.1, 0.15) is 0 Å². The van der Waals surface area contributed by atoms with Gasteiger partial charge in [-0.15, -0.1) is 0 Å².